The fraction of sp³-hybridized carbons (Fsp3) is 0.105. The molecule has 0 atom stereocenters. The van der Waals surface area contributed by atoms with Crippen molar-refractivity contribution in [3.8, 4) is 11.3 Å². The molecule has 0 radical (unpaired) electrons. The summed E-state index contributed by atoms with van der Waals surface area (Å²) < 4.78 is 45.9. The van der Waals surface area contributed by atoms with Gasteiger partial charge >= 0.3 is 12.1 Å². The normalized spacial score (nSPS) is 11.9. The molecule has 5 nitrogen and oxygen atoms in total. The van der Waals surface area contributed by atoms with Gasteiger partial charge in [0.05, 0.1) is 19.0 Å². The third kappa shape index (κ3) is 2.88. The minimum Gasteiger partial charge on any atom is -0.465 e. The number of carbonyl (C=O) groups excluding carboxylic acids is 1. The summed E-state index contributed by atoms with van der Waals surface area (Å²) in [6.07, 6.45) is -3.65. The molecule has 0 spiro atoms. The summed E-state index contributed by atoms with van der Waals surface area (Å²) >= 11 is 0. The molecule has 2 heterocycles. The minimum absolute atomic E-state index is 0.0891. The van der Waals surface area contributed by atoms with Crippen LogP contribution < -0.4 is 0 Å². The van der Waals surface area contributed by atoms with E-state index in [1.807, 2.05) is 24.3 Å². The molecule has 0 amide bonds. The number of nitrogens with zero attached hydrogens (tertiary/aromatic N) is 3. The second kappa shape index (κ2) is 6.08. The van der Waals surface area contributed by atoms with Crippen LogP contribution in [0.15, 0.2) is 54.7 Å². The van der Waals surface area contributed by atoms with Crippen LogP contribution in [0.5, 0.6) is 0 Å². The van der Waals surface area contributed by atoms with Crippen molar-refractivity contribution in [1.29, 1.82) is 0 Å². The van der Waals surface area contributed by atoms with E-state index in [1.165, 1.54) is 0 Å². The molecule has 136 valence electrons. The van der Waals surface area contributed by atoms with Crippen LogP contribution in [-0.4, -0.2) is 27.7 Å². The van der Waals surface area contributed by atoms with Crippen molar-refractivity contribution in [2.24, 2.45) is 0 Å². The Labute approximate surface area is 151 Å². The number of alkyl halides is 3. The van der Waals surface area contributed by atoms with Gasteiger partial charge in [-0.1, -0.05) is 36.4 Å². The zero-order chi connectivity index (χ0) is 19.2. The first kappa shape index (κ1) is 17.0. The number of hydrogen-bond acceptors (Lipinski definition) is 4. The molecule has 0 saturated carbocycles. The van der Waals surface area contributed by atoms with Crippen LogP contribution in [0, 0.1) is 0 Å². The molecule has 27 heavy (non-hydrogen) atoms. The van der Waals surface area contributed by atoms with Crippen molar-refractivity contribution < 1.29 is 22.7 Å². The van der Waals surface area contributed by atoms with Crippen molar-refractivity contribution in [3.05, 3.63) is 66.0 Å². The van der Waals surface area contributed by atoms with E-state index >= 15 is 0 Å². The number of benzene rings is 2. The van der Waals surface area contributed by atoms with E-state index < -0.39 is 17.8 Å². The van der Waals surface area contributed by atoms with E-state index in [1.54, 1.807) is 18.2 Å². The lowest BCUT2D eigenvalue weighted by molar-refractivity contribution is -0.142. The second-order valence-corrected chi connectivity index (χ2v) is 5.87. The third-order valence-electron chi connectivity index (χ3n) is 4.21. The predicted molar refractivity (Wildman–Crippen MR) is 92.3 cm³/mol. The molecule has 0 aliphatic rings. The van der Waals surface area contributed by atoms with Crippen molar-refractivity contribution in [1.82, 2.24) is 14.6 Å². The lowest BCUT2D eigenvalue weighted by Crippen LogP contribution is -2.14. The maximum Gasteiger partial charge on any atom is 0.433 e. The predicted octanol–water partition coefficient (Wildman–Crippen LogP) is 4.35. The van der Waals surface area contributed by atoms with E-state index in [9.17, 15) is 18.0 Å². The Morgan fingerprint density at radius 1 is 1.07 bits per heavy atom. The molecule has 4 aromatic rings. The summed E-state index contributed by atoms with van der Waals surface area (Å²) in [6.45, 7) is 0. The number of esters is 1. The maximum absolute atomic E-state index is 13.6. The lowest BCUT2D eigenvalue weighted by atomic mass is 10.0. The Balaban J connectivity index is 2.00. The van der Waals surface area contributed by atoms with E-state index in [0.29, 0.717) is 10.1 Å². The van der Waals surface area contributed by atoms with Crippen LogP contribution >= 0.6 is 0 Å². The van der Waals surface area contributed by atoms with Crippen molar-refractivity contribution in [3.63, 3.8) is 0 Å². The number of halogens is 3. The van der Waals surface area contributed by atoms with Gasteiger partial charge < -0.3 is 4.74 Å². The molecule has 0 bridgehead atoms. The average molecular weight is 371 g/mol. The largest absolute Gasteiger partial charge is 0.465 e. The van der Waals surface area contributed by atoms with Crippen LogP contribution in [0.4, 0.5) is 13.2 Å². The number of rotatable bonds is 2. The maximum atomic E-state index is 13.6. The highest BCUT2D eigenvalue weighted by Gasteiger charge is 2.36. The summed E-state index contributed by atoms with van der Waals surface area (Å²) in [5, 5.41) is 5.50. The number of carbonyl (C=O) groups is 1. The molecule has 2 aromatic heterocycles. The molecule has 0 unspecified atom stereocenters. The van der Waals surface area contributed by atoms with Gasteiger partial charge in [0.25, 0.3) is 0 Å². The molecule has 0 aliphatic carbocycles. The summed E-state index contributed by atoms with van der Waals surface area (Å²) in [5.41, 5.74) is -0.777. The van der Waals surface area contributed by atoms with Gasteiger partial charge in [0.2, 0.25) is 0 Å². The third-order valence-corrected chi connectivity index (χ3v) is 4.21. The highest BCUT2D eigenvalue weighted by molar-refractivity contribution is 5.96. The van der Waals surface area contributed by atoms with Crippen molar-refractivity contribution in [2.75, 3.05) is 7.11 Å². The van der Waals surface area contributed by atoms with E-state index in [4.69, 9.17) is 0 Å². The van der Waals surface area contributed by atoms with Crippen LogP contribution in [0.25, 0.3) is 27.7 Å². The Morgan fingerprint density at radius 3 is 2.52 bits per heavy atom. The smallest absolute Gasteiger partial charge is 0.433 e. The molecule has 4 rings (SSSR count). The minimum atomic E-state index is -4.67. The summed E-state index contributed by atoms with van der Waals surface area (Å²) in [6, 6.07) is 13.7. The van der Waals surface area contributed by atoms with Crippen LogP contribution in [0.2, 0.25) is 0 Å². The number of methoxy groups -OCH3 is 1. The molecule has 0 N–H and O–H groups in total. The van der Waals surface area contributed by atoms with Crippen LogP contribution in [0.3, 0.4) is 0 Å². The molecule has 0 fully saturated rings. The van der Waals surface area contributed by atoms with E-state index in [2.05, 4.69) is 14.8 Å². The fourth-order valence-electron chi connectivity index (χ4n) is 2.92. The first-order valence-electron chi connectivity index (χ1n) is 7.92. The van der Waals surface area contributed by atoms with Crippen LogP contribution in [0.1, 0.15) is 16.1 Å². The summed E-state index contributed by atoms with van der Waals surface area (Å²) in [7, 11) is 1.14. The molecule has 2 aromatic carbocycles. The number of hydrogen-bond donors (Lipinski definition) is 0. The Bertz CT molecular complexity index is 1180. The molecular formula is C19H12F3N3O2. The summed E-state index contributed by atoms with van der Waals surface area (Å²) in [5.74, 6) is -0.804. The van der Waals surface area contributed by atoms with Gasteiger partial charge in [-0.15, -0.1) is 0 Å². The fourth-order valence-corrected chi connectivity index (χ4v) is 2.92. The van der Waals surface area contributed by atoms with E-state index in [-0.39, 0.29) is 16.9 Å². The first-order valence-corrected chi connectivity index (χ1v) is 7.92. The number of aromatic nitrogens is 3. The Morgan fingerprint density at radius 2 is 1.81 bits per heavy atom. The lowest BCUT2D eigenvalue weighted by Gasteiger charge is -2.12. The number of fused-ring (bicyclic) bond motifs is 2. The SMILES string of the molecule is COC(=O)c1cnn2c(C(F)(F)F)cc(-c3ccc4ccccc4c3)nc12. The van der Waals surface area contributed by atoms with Crippen molar-refractivity contribution >= 4 is 22.4 Å². The van der Waals surface area contributed by atoms with Gasteiger partial charge in [0.1, 0.15) is 5.56 Å². The standard InChI is InChI=1S/C19H12F3N3O2/c1-27-18(26)14-10-23-25-16(19(20,21)22)9-15(24-17(14)25)13-7-6-11-4-2-3-5-12(11)8-13/h2-10H,1H3. The van der Waals surface area contributed by atoms with Gasteiger partial charge in [-0.2, -0.15) is 18.3 Å². The van der Waals surface area contributed by atoms with Gasteiger partial charge in [-0.25, -0.2) is 14.3 Å². The van der Waals surface area contributed by atoms with Gasteiger partial charge in [0.15, 0.2) is 11.3 Å². The molecule has 0 aliphatic heterocycles. The van der Waals surface area contributed by atoms with Crippen molar-refractivity contribution in [2.45, 2.75) is 6.18 Å². The van der Waals surface area contributed by atoms with E-state index in [0.717, 1.165) is 30.1 Å². The topological polar surface area (TPSA) is 56.5 Å². The van der Waals surface area contributed by atoms with Crippen LogP contribution in [-0.2, 0) is 10.9 Å². The first-order chi connectivity index (χ1) is 12.9. The zero-order valence-corrected chi connectivity index (χ0v) is 14.0. The highest BCUT2D eigenvalue weighted by atomic mass is 19.4. The molecule has 0 saturated heterocycles. The summed E-state index contributed by atoms with van der Waals surface area (Å²) in [4.78, 5) is 16.1. The molecular weight excluding hydrogens is 359 g/mol. The zero-order valence-electron chi connectivity index (χ0n) is 14.0. The average Bonchev–Trinajstić information content (AvgIpc) is 3.09. The monoisotopic (exact) mass is 371 g/mol. The highest BCUT2D eigenvalue weighted by Crippen LogP contribution is 2.33. The van der Waals surface area contributed by atoms with Gasteiger partial charge in [-0.05, 0) is 22.9 Å². The van der Waals surface area contributed by atoms with Gasteiger partial charge in [-0.3, -0.25) is 0 Å². The van der Waals surface area contributed by atoms with Gasteiger partial charge in [0, 0.05) is 5.56 Å². The number of ether oxygens (including phenoxy) is 1. The Hall–Kier alpha value is -3.42. The second-order valence-electron chi connectivity index (χ2n) is 5.87. The quantitative estimate of drug-likeness (QED) is 0.492. The molecule has 8 heteroatoms. The Kier molecular flexibility index (Phi) is 3.83.